The van der Waals surface area contributed by atoms with Crippen LogP contribution in [0.3, 0.4) is 0 Å². The van der Waals surface area contributed by atoms with Crippen LogP contribution in [0.5, 0.6) is 0 Å². The summed E-state index contributed by atoms with van der Waals surface area (Å²) in [6.07, 6.45) is 0. The monoisotopic (exact) mass is 302 g/mol. The molecule has 0 amide bonds. The van der Waals surface area contributed by atoms with E-state index in [-0.39, 0.29) is 0 Å². The van der Waals surface area contributed by atoms with Gasteiger partial charge in [0.2, 0.25) is 0 Å². The first-order valence-corrected chi connectivity index (χ1v) is 7.35. The van der Waals surface area contributed by atoms with E-state index in [2.05, 4.69) is 0 Å². The third-order valence-electron chi connectivity index (χ3n) is 4.31. The van der Waals surface area contributed by atoms with E-state index < -0.39 is 7.12 Å². The first kappa shape index (κ1) is 12.8. The standard InChI is InChI=1S/C18H11BO4/c20-19(21)13-6-3-5-10-11-8-9-15-16(18(11)23-17(10)13)12-4-1-2-7-14(12)22-15/h1-9,20-21H. The van der Waals surface area contributed by atoms with Crippen molar-refractivity contribution in [2.45, 2.75) is 0 Å². The van der Waals surface area contributed by atoms with Crippen molar-refractivity contribution in [1.29, 1.82) is 0 Å². The second kappa shape index (κ2) is 4.38. The average molecular weight is 302 g/mol. The van der Waals surface area contributed by atoms with Crippen molar-refractivity contribution in [3.8, 4) is 0 Å². The maximum atomic E-state index is 9.57. The van der Waals surface area contributed by atoms with Gasteiger partial charge in [0.1, 0.15) is 22.3 Å². The van der Waals surface area contributed by atoms with Crippen LogP contribution in [0, 0.1) is 0 Å². The molecular formula is C18H11BO4. The summed E-state index contributed by atoms with van der Waals surface area (Å²) in [7, 11) is -1.57. The maximum absolute atomic E-state index is 9.57. The van der Waals surface area contributed by atoms with Gasteiger partial charge < -0.3 is 18.9 Å². The molecule has 4 nitrogen and oxygen atoms in total. The molecule has 2 heterocycles. The minimum absolute atomic E-state index is 0.361. The SMILES string of the molecule is OB(O)c1cccc2c1oc1c2ccc2oc3ccccc3c21. The van der Waals surface area contributed by atoms with E-state index >= 15 is 0 Å². The van der Waals surface area contributed by atoms with E-state index in [0.29, 0.717) is 16.6 Å². The lowest BCUT2D eigenvalue weighted by Crippen LogP contribution is -2.29. The predicted molar refractivity (Wildman–Crippen MR) is 90.8 cm³/mol. The molecule has 5 heteroatoms. The van der Waals surface area contributed by atoms with Crippen molar-refractivity contribution in [1.82, 2.24) is 0 Å². The van der Waals surface area contributed by atoms with Crippen LogP contribution in [0.2, 0.25) is 0 Å². The van der Waals surface area contributed by atoms with Gasteiger partial charge in [-0.05, 0) is 18.2 Å². The molecule has 0 aliphatic rings. The highest BCUT2D eigenvalue weighted by molar-refractivity contribution is 6.61. The van der Waals surface area contributed by atoms with Crippen LogP contribution in [0.15, 0.2) is 63.4 Å². The van der Waals surface area contributed by atoms with E-state index in [1.54, 1.807) is 12.1 Å². The summed E-state index contributed by atoms with van der Waals surface area (Å²) >= 11 is 0. The highest BCUT2D eigenvalue weighted by atomic mass is 16.4. The van der Waals surface area contributed by atoms with Crippen LogP contribution in [0.4, 0.5) is 0 Å². The number of rotatable bonds is 1. The molecule has 0 aliphatic carbocycles. The Bertz CT molecular complexity index is 1200. The summed E-state index contributed by atoms with van der Waals surface area (Å²) in [4.78, 5) is 0. The first-order chi connectivity index (χ1) is 11.2. The van der Waals surface area contributed by atoms with E-state index in [1.807, 2.05) is 42.5 Å². The van der Waals surface area contributed by atoms with Gasteiger partial charge in [-0.2, -0.15) is 0 Å². The number of furan rings is 2. The van der Waals surface area contributed by atoms with E-state index in [4.69, 9.17) is 8.83 Å². The highest BCUT2D eigenvalue weighted by Crippen LogP contribution is 2.38. The summed E-state index contributed by atoms with van der Waals surface area (Å²) in [5.41, 5.74) is 3.12. The van der Waals surface area contributed by atoms with E-state index in [9.17, 15) is 10.0 Å². The molecule has 3 aromatic carbocycles. The molecule has 2 N–H and O–H groups in total. The van der Waals surface area contributed by atoms with Crippen molar-refractivity contribution in [3.63, 3.8) is 0 Å². The molecule has 2 aromatic heterocycles. The van der Waals surface area contributed by atoms with Crippen molar-refractivity contribution in [3.05, 3.63) is 54.6 Å². The van der Waals surface area contributed by atoms with E-state index in [1.165, 1.54) is 0 Å². The second-order valence-corrected chi connectivity index (χ2v) is 5.61. The number of hydrogen-bond donors (Lipinski definition) is 2. The van der Waals surface area contributed by atoms with Crippen molar-refractivity contribution >= 4 is 56.5 Å². The molecular weight excluding hydrogens is 291 g/mol. The average Bonchev–Trinajstić information content (AvgIpc) is 3.11. The van der Waals surface area contributed by atoms with Crippen LogP contribution in [-0.4, -0.2) is 17.2 Å². The van der Waals surface area contributed by atoms with Gasteiger partial charge in [-0.1, -0.05) is 36.4 Å². The molecule has 0 atom stereocenters. The van der Waals surface area contributed by atoms with Gasteiger partial charge in [-0.25, -0.2) is 0 Å². The van der Waals surface area contributed by atoms with Crippen molar-refractivity contribution in [2.75, 3.05) is 0 Å². The van der Waals surface area contributed by atoms with Gasteiger partial charge in [-0.15, -0.1) is 0 Å². The number of benzene rings is 3. The van der Waals surface area contributed by atoms with Crippen molar-refractivity contribution < 1.29 is 18.9 Å². The minimum atomic E-state index is -1.57. The maximum Gasteiger partial charge on any atom is 0.492 e. The molecule has 0 radical (unpaired) electrons. The molecule has 23 heavy (non-hydrogen) atoms. The highest BCUT2D eigenvalue weighted by Gasteiger charge is 2.21. The lowest BCUT2D eigenvalue weighted by Gasteiger charge is -1.98. The van der Waals surface area contributed by atoms with Crippen LogP contribution in [-0.2, 0) is 0 Å². The fraction of sp³-hybridized carbons (Fsp3) is 0. The third-order valence-corrected chi connectivity index (χ3v) is 4.31. The van der Waals surface area contributed by atoms with Crippen LogP contribution in [0.25, 0.3) is 43.9 Å². The van der Waals surface area contributed by atoms with Gasteiger partial charge in [0.25, 0.3) is 0 Å². The molecule has 5 aromatic rings. The molecule has 0 unspecified atom stereocenters. The molecule has 0 bridgehead atoms. The summed E-state index contributed by atoms with van der Waals surface area (Å²) < 4.78 is 11.9. The summed E-state index contributed by atoms with van der Waals surface area (Å²) in [6.45, 7) is 0. The molecule has 0 saturated carbocycles. The number of hydrogen-bond acceptors (Lipinski definition) is 4. The Labute approximate surface area is 130 Å². The zero-order valence-corrected chi connectivity index (χ0v) is 12.0. The van der Waals surface area contributed by atoms with Crippen molar-refractivity contribution in [2.24, 2.45) is 0 Å². The predicted octanol–water partition coefficient (Wildman–Crippen LogP) is 3.17. The van der Waals surface area contributed by atoms with Gasteiger partial charge in [0.05, 0.1) is 5.39 Å². The third kappa shape index (κ3) is 1.63. The van der Waals surface area contributed by atoms with Gasteiger partial charge in [0, 0.05) is 21.6 Å². The summed E-state index contributed by atoms with van der Waals surface area (Å²) in [6, 6.07) is 17.0. The molecule has 110 valence electrons. The topological polar surface area (TPSA) is 66.7 Å². The summed E-state index contributed by atoms with van der Waals surface area (Å²) in [5.74, 6) is 0. The fourth-order valence-electron chi connectivity index (χ4n) is 3.29. The quantitative estimate of drug-likeness (QED) is 0.467. The zero-order chi connectivity index (χ0) is 15.6. The Hall–Kier alpha value is -2.76. The van der Waals surface area contributed by atoms with Crippen LogP contribution < -0.4 is 5.46 Å². The molecule has 0 saturated heterocycles. The molecule has 0 aliphatic heterocycles. The number of fused-ring (bicyclic) bond motifs is 7. The largest absolute Gasteiger partial charge is 0.492 e. The molecule has 0 fully saturated rings. The van der Waals surface area contributed by atoms with Gasteiger partial charge in [-0.3, -0.25) is 0 Å². The lowest BCUT2D eigenvalue weighted by molar-refractivity contribution is 0.425. The van der Waals surface area contributed by atoms with Gasteiger partial charge >= 0.3 is 7.12 Å². The Morgan fingerprint density at radius 3 is 2.30 bits per heavy atom. The minimum Gasteiger partial charge on any atom is -0.456 e. The Balaban J connectivity index is 2.05. The Morgan fingerprint density at radius 2 is 1.43 bits per heavy atom. The normalized spacial score (nSPS) is 11.9. The summed E-state index contributed by atoms with van der Waals surface area (Å²) in [5, 5.41) is 22.8. The zero-order valence-electron chi connectivity index (χ0n) is 12.0. The number of para-hydroxylation sites is 2. The molecule has 0 spiro atoms. The second-order valence-electron chi connectivity index (χ2n) is 5.61. The first-order valence-electron chi connectivity index (χ1n) is 7.35. The Kier molecular flexibility index (Phi) is 2.43. The van der Waals surface area contributed by atoms with Gasteiger partial charge in [0.15, 0.2) is 0 Å². The smallest absolute Gasteiger partial charge is 0.456 e. The fourth-order valence-corrected chi connectivity index (χ4v) is 3.29. The van der Waals surface area contributed by atoms with Crippen LogP contribution >= 0.6 is 0 Å². The molecule has 5 rings (SSSR count). The van der Waals surface area contributed by atoms with E-state index in [0.717, 1.165) is 32.7 Å². The van der Waals surface area contributed by atoms with Crippen LogP contribution in [0.1, 0.15) is 0 Å². The lowest BCUT2D eigenvalue weighted by atomic mass is 9.79. The Morgan fingerprint density at radius 1 is 0.652 bits per heavy atom.